The summed E-state index contributed by atoms with van der Waals surface area (Å²) in [6.07, 6.45) is 5.82. The van der Waals surface area contributed by atoms with E-state index in [1.54, 1.807) is 12.4 Å². The summed E-state index contributed by atoms with van der Waals surface area (Å²) in [7, 11) is 0. The van der Waals surface area contributed by atoms with Crippen LogP contribution in [0.25, 0.3) is 11.0 Å². The molecule has 1 aliphatic heterocycles. The van der Waals surface area contributed by atoms with E-state index in [0.717, 1.165) is 54.2 Å². The average Bonchev–Trinajstić information content (AvgIpc) is 2.62. The summed E-state index contributed by atoms with van der Waals surface area (Å²) in [4.78, 5) is 15.8. The first kappa shape index (κ1) is 15.8. The van der Waals surface area contributed by atoms with Crippen LogP contribution in [-0.2, 0) is 0 Å². The molecule has 0 spiro atoms. The predicted molar refractivity (Wildman–Crippen MR) is 99.1 cm³/mol. The number of anilines is 1. The maximum Gasteiger partial charge on any atom is 0.162 e. The molecule has 4 heterocycles. The third-order valence-corrected chi connectivity index (χ3v) is 4.63. The number of fused-ring (bicyclic) bond motifs is 1. The van der Waals surface area contributed by atoms with Gasteiger partial charge in [-0.25, -0.2) is 9.97 Å². The highest BCUT2D eigenvalue weighted by Crippen LogP contribution is 2.24. The number of nitrogens with zero attached hydrogens (tertiary/aromatic N) is 4. The Labute approximate surface area is 147 Å². The van der Waals surface area contributed by atoms with E-state index < -0.39 is 0 Å². The molecule has 128 valence electrons. The van der Waals surface area contributed by atoms with Crippen molar-refractivity contribution < 1.29 is 4.74 Å². The maximum absolute atomic E-state index is 6.09. The second-order valence-corrected chi connectivity index (χ2v) is 6.64. The number of piperidine rings is 1. The third kappa shape index (κ3) is 3.40. The molecule has 0 N–H and O–H groups in total. The molecule has 1 atom stereocenters. The first-order chi connectivity index (χ1) is 12.2. The molecule has 1 fully saturated rings. The van der Waals surface area contributed by atoms with Crippen LogP contribution in [0, 0.1) is 13.8 Å². The normalized spacial score (nSPS) is 17.7. The van der Waals surface area contributed by atoms with Gasteiger partial charge in [0.2, 0.25) is 0 Å². The van der Waals surface area contributed by atoms with Gasteiger partial charge in [0, 0.05) is 23.8 Å². The van der Waals surface area contributed by atoms with E-state index in [2.05, 4.69) is 40.0 Å². The van der Waals surface area contributed by atoms with Gasteiger partial charge in [0.25, 0.3) is 0 Å². The number of rotatable bonds is 3. The maximum atomic E-state index is 6.09. The van der Waals surface area contributed by atoms with Gasteiger partial charge < -0.3 is 9.64 Å². The molecular formula is C20H22N4O. The zero-order valence-electron chi connectivity index (χ0n) is 14.6. The number of pyridine rings is 3. The monoisotopic (exact) mass is 334 g/mol. The highest BCUT2D eigenvalue weighted by Gasteiger charge is 2.22. The fourth-order valence-corrected chi connectivity index (χ4v) is 3.45. The van der Waals surface area contributed by atoms with Crippen LogP contribution in [0.3, 0.4) is 0 Å². The smallest absolute Gasteiger partial charge is 0.162 e. The summed E-state index contributed by atoms with van der Waals surface area (Å²) in [6.45, 7) is 5.95. The molecule has 1 aliphatic rings. The number of aryl methyl sites for hydroxylation is 2. The van der Waals surface area contributed by atoms with E-state index in [-0.39, 0.29) is 6.10 Å². The van der Waals surface area contributed by atoms with Crippen molar-refractivity contribution in [1.29, 1.82) is 0 Å². The van der Waals surface area contributed by atoms with Crippen molar-refractivity contribution in [3.63, 3.8) is 0 Å². The van der Waals surface area contributed by atoms with Gasteiger partial charge >= 0.3 is 0 Å². The zero-order valence-corrected chi connectivity index (χ0v) is 14.6. The summed E-state index contributed by atoms with van der Waals surface area (Å²) in [5.74, 6) is 1.80. The minimum atomic E-state index is 0.155. The molecule has 5 nitrogen and oxygen atoms in total. The van der Waals surface area contributed by atoms with Gasteiger partial charge in [-0.3, -0.25) is 4.98 Å². The lowest BCUT2D eigenvalue weighted by atomic mass is 10.1. The van der Waals surface area contributed by atoms with E-state index in [1.165, 1.54) is 5.56 Å². The van der Waals surface area contributed by atoms with Gasteiger partial charge in [-0.15, -0.1) is 0 Å². The molecular weight excluding hydrogens is 312 g/mol. The largest absolute Gasteiger partial charge is 0.487 e. The molecule has 0 saturated carbocycles. The van der Waals surface area contributed by atoms with Crippen LogP contribution in [-0.4, -0.2) is 34.1 Å². The van der Waals surface area contributed by atoms with Crippen molar-refractivity contribution >= 4 is 16.9 Å². The Balaban J connectivity index is 1.55. The Morgan fingerprint density at radius 3 is 2.92 bits per heavy atom. The standard InChI is InChI=1S/C20H22N4O/c1-14-11-15(2)22-20-18(14)7-8-19(23-20)24-10-4-6-17(13-24)25-16-5-3-9-21-12-16/h3,5,7-9,11-12,17H,4,6,10,13H2,1-2H3. The quantitative estimate of drug-likeness (QED) is 0.731. The predicted octanol–water partition coefficient (Wildman–Crippen LogP) is 3.69. The number of hydrogen-bond acceptors (Lipinski definition) is 5. The molecule has 4 rings (SSSR count). The summed E-state index contributed by atoms with van der Waals surface area (Å²) < 4.78 is 6.09. The van der Waals surface area contributed by atoms with Crippen molar-refractivity contribution in [2.24, 2.45) is 0 Å². The van der Waals surface area contributed by atoms with Crippen LogP contribution in [0.4, 0.5) is 5.82 Å². The molecule has 1 saturated heterocycles. The molecule has 3 aromatic rings. The lowest BCUT2D eigenvalue weighted by molar-refractivity contribution is 0.178. The lowest BCUT2D eigenvalue weighted by Crippen LogP contribution is -2.41. The molecule has 0 amide bonds. The van der Waals surface area contributed by atoms with Crippen LogP contribution in [0.5, 0.6) is 5.75 Å². The van der Waals surface area contributed by atoms with E-state index >= 15 is 0 Å². The number of hydrogen-bond donors (Lipinski definition) is 0. The van der Waals surface area contributed by atoms with Crippen molar-refractivity contribution in [1.82, 2.24) is 15.0 Å². The molecule has 5 heteroatoms. The third-order valence-electron chi connectivity index (χ3n) is 4.63. The first-order valence-corrected chi connectivity index (χ1v) is 8.76. The van der Waals surface area contributed by atoms with Gasteiger partial charge in [-0.1, -0.05) is 0 Å². The Morgan fingerprint density at radius 1 is 1.16 bits per heavy atom. The van der Waals surface area contributed by atoms with Crippen LogP contribution >= 0.6 is 0 Å². The first-order valence-electron chi connectivity index (χ1n) is 8.76. The van der Waals surface area contributed by atoms with Crippen molar-refractivity contribution in [3.8, 4) is 5.75 Å². The molecule has 25 heavy (non-hydrogen) atoms. The number of aromatic nitrogens is 3. The van der Waals surface area contributed by atoms with Gasteiger partial charge in [-0.05, 0) is 62.6 Å². The SMILES string of the molecule is Cc1cc(C)c2ccc(N3CCCC(Oc4cccnc4)C3)nc2n1. The average molecular weight is 334 g/mol. The van der Waals surface area contributed by atoms with E-state index in [0.29, 0.717) is 0 Å². The molecule has 0 bridgehead atoms. The molecule has 0 radical (unpaired) electrons. The van der Waals surface area contributed by atoms with Crippen molar-refractivity contribution in [2.75, 3.05) is 18.0 Å². The fourth-order valence-electron chi connectivity index (χ4n) is 3.45. The van der Waals surface area contributed by atoms with Gasteiger partial charge in [0.1, 0.15) is 17.7 Å². The number of ether oxygens (including phenoxy) is 1. The van der Waals surface area contributed by atoms with Gasteiger partial charge in [0.15, 0.2) is 5.65 Å². The zero-order chi connectivity index (χ0) is 17.2. The summed E-state index contributed by atoms with van der Waals surface area (Å²) in [5, 5.41) is 1.12. The topological polar surface area (TPSA) is 51.1 Å². The second-order valence-electron chi connectivity index (χ2n) is 6.64. The minimum absolute atomic E-state index is 0.155. The molecule has 1 unspecified atom stereocenters. The highest BCUT2D eigenvalue weighted by atomic mass is 16.5. The van der Waals surface area contributed by atoms with Crippen molar-refractivity contribution in [2.45, 2.75) is 32.8 Å². The van der Waals surface area contributed by atoms with Gasteiger partial charge in [-0.2, -0.15) is 0 Å². The Kier molecular flexibility index (Phi) is 4.22. The Morgan fingerprint density at radius 2 is 2.08 bits per heavy atom. The van der Waals surface area contributed by atoms with Crippen LogP contribution in [0.2, 0.25) is 0 Å². The van der Waals surface area contributed by atoms with Crippen LogP contribution in [0.1, 0.15) is 24.1 Å². The summed E-state index contributed by atoms with van der Waals surface area (Å²) in [5.41, 5.74) is 3.05. The second kappa shape index (κ2) is 6.67. The lowest BCUT2D eigenvalue weighted by Gasteiger charge is -2.33. The van der Waals surface area contributed by atoms with E-state index in [1.807, 2.05) is 19.1 Å². The molecule has 3 aromatic heterocycles. The Hall–Kier alpha value is -2.69. The molecule has 0 aromatic carbocycles. The minimum Gasteiger partial charge on any atom is -0.487 e. The van der Waals surface area contributed by atoms with Crippen LogP contribution in [0.15, 0.2) is 42.7 Å². The van der Waals surface area contributed by atoms with Gasteiger partial charge in [0.05, 0.1) is 12.7 Å². The molecule has 0 aliphatic carbocycles. The summed E-state index contributed by atoms with van der Waals surface area (Å²) in [6, 6.07) is 10.2. The van der Waals surface area contributed by atoms with Crippen LogP contribution < -0.4 is 9.64 Å². The fraction of sp³-hybridized carbons (Fsp3) is 0.350. The van der Waals surface area contributed by atoms with Crippen molar-refractivity contribution in [3.05, 3.63) is 54.0 Å². The summed E-state index contributed by atoms with van der Waals surface area (Å²) >= 11 is 0. The van der Waals surface area contributed by atoms with E-state index in [9.17, 15) is 0 Å². The Bertz CT molecular complexity index is 882. The highest BCUT2D eigenvalue weighted by molar-refractivity contribution is 5.80. The van der Waals surface area contributed by atoms with E-state index in [4.69, 9.17) is 9.72 Å².